The largest absolute Gasteiger partial charge is 0.488 e. The van der Waals surface area contributed by atoms with Crippen LogP contribution in [0.15, 0.2) is 73.1 Å². The molecule has 0 saturated heterocycles. The highest BCUT2D eigenvalue weighted by molar-refractivity contribution is 5.99. The first-order valence-electron chi connectivity index (χ1n) is 13.2. The van der Waals surface area contributed by atoms with Gasteiger partial charge in [-0.2, -0.15) is 0 Å². The average molecular weight is 532 g/mol. The van der Waals surface area contributed by atoms with Gasteiger partial charge >= 0.3 is 6.03 Å². The highest BCUT2D eigenvalue weighted by Crippen LogP contribution is 2.29. The molecule has 3 atom stereocenters. The van der Waals surface area contributed by atoms with Crippen molar-refractivity contribution in [3.63, 3.8) is 0 Å². The van der Waals surface area contributed by atoms with Crippen LogP contribution in [0, 0.1) is 5.92 Å². The van der Waals surface area contributed by atoms with E-state index in [9.17, 15) is 14.7 Å². The molecule has 9 nitrogen and oxygen atoms in total. The van der Waals surface area contributed by atoms with Gasteiger partial charge in [0, 0.05) is 54.9 Å². The summed E-state index contributed by atoms with van der Waals surface area (Å²) in [6, 6.07) is 17.8. The van der Waals surface area contributed by atoms with Crippen LogP contribution in [0.4, 0.5) is 16.2 Å². The molecule has 1 aromatic heterocycles. The van der Waals surface area contributed by atoms with Gasteiger partial charge in [0.25, 0.3) is 0 Å². The predicted molar refractivity (Wildman–Crippen MR) is 152 cm³/mol. The summed E-state index contributed by atoms with van der Waals surface area (Å²) in [5, 5.41) is 15.5. The highest BCUT2D eigenvalue weighted by Gasteiger charge is 2.31. The van der Waals surface area contributed by atoms with E-state index in [4.69, 9.17) is 4.74 Å². The van der Waals surface area contributed by atoms with Gasteiger partial charge in [0.2, 0.25) is 5.91 Å². The van der Waals surface area contributed by atoms with Gasteiger partial charge in [-0.1, -0.05) is 25.1 Å². The number of aliphatic hydroxyl groups is 1. The number of nitrogens with zero attached hydrogens (tertiary/aromatic N) is 3. The van der Waals surface area contributed by atoms with Gasteiger partial charge in [-0.25, -0.2) is 4.79 Å². The van der Waals surface area contributed by atoms with E-state index in [0.717, 1.165) is 12.1 Å². The van der Waals surface area contributed by atoms with E-state index >= 15 is 0 Å². The Hall–Kier alpha value is -3.95. The molecule has 206 valence electrons. The smallest absolute Gasteiger partial charge is 0.323 e. The number of hydrogen-bond donors (Lipinski definition) is 3. The number of benzene rings is 2. The zero-order valence-electron chi connectivity index (χ0n) is 22.7. The molecule has 4 rings (SSSR count). The standard InChI is InChI=1S/C30H37N5O4/c1-21-17-35(22(2)20-36)29(37)16-24-15-26(33-30(38)32-25-7-5-4-6-8-25)9-10-27(24)39-28(21)19-34(3)18-23-11-13-31-14-12-23/h4-15,21-22,28,36H,16-20H2,1-3H3,(H2,32,33,38)/t21-,22-,28+/m1/s1. The lowest BCUT2D eigenvalue weighted by atomic mass is 10.0. The van der Waals surface area contributed by atoms with Gasteiger partial charge in [0.05, 0.1) is 19.1 Å². The quantitative estimate of drug-likeness (QED) is 0.406. The Morgan fingerprint density at radius 2 is 1.85 bits per heavy atom. The molecular formula is C30H37N5O4. The minimum absolute atomic E-state index is 0.00300. The number of aromatic nitrogens is 1. The van der Waals surface area contributed by atoms with Crippen LogP contribution in [0.5, 0.6) is 5.75 Å². The van der Waals surface area contributed by atoms with Gasteiger partial charge in [-0.05, 0) is 62.0 Å². The fourth-order valence-electron chi connectivity index (χ4n) is 4.71. The van der Waals surface area contributed by atoms with Gasteiger partial charge in [-0.3, -0.25) is 14.7 Å². The van der Waals surface area contributed by atoms with Crippen molar-refractivity contribution in [2.24, 2.45) is 5.92 Å². The third kappa shape index (κ3) is 7.78. The number of pyridine rings is 1. The number of fused-ring (bicyclic) bond motifs is 1. The number of carbonyl (C=O) groups is 2. The van der Waals surface area contributed by atoms with Crippen molar-refractivity contribution in [1.29, 1.82) is 0 Å². The van der Waals surface area contributed by atoms with Gasteiger partial charge in [-0.15, -0.1) is 0 Å². The number of likely N-dealkylation sites (N-methyl/N-ethyl adjacent to an activating group) is 1. The third-order valence-corrected chi connectivity index (χ3v) is 6.90. The van der Waals surface area contributed by atoms with Gasteiger partial charge in [0.1, 0.15) is 11.9 Å². The Kier molecular flexibility index (Phi) is 9.51. The first kappa shape index (κ1) is 28.1. The molecule has 1 aliphatic rings. The second-order valence-electron chi connectivity index (χ2n) is 10.2. The van der Waals surface area contributed by atoms with E-state index in [2.05, 4.69) is 27.4 Å². The monoisotopic (exact) mass is 531 g/mol. The lowest BCUT2D eigenvalue weighted by molar-refractivity contribution is -0.134. The number of anilines is 2. The number of hydrogen-bond acceptors (Lipinski definition) is 6. The zero-order chi connectivity index (χ0) is 27.8. The number of rotatable bonds is 8. The van der Waals surface area contributed by atoms with Crippen molar-refractivity contribution < 1.29 is 19.4 Å². The molecule has 0 aliphatic carbocycles. The normalized spacial score (nSPS) is 18.3. The Morgan fingerprint density at radius 3 is 2.56 bits per heavy atom. The molecule has 3 aromatic rings. The molecule has 2 heterocycles. The molecular weight excluding hydrogens is 494 g/mol. The summed E-state index contributed by atoms with van der Waals surface area (Å²) in [5.41, 5.74) is 3.07. The fraction of sp³-hybridized carbons (Fsp3) is 0.367. The molecule has 0 spiro atoms. The van der Waals surface area contributed by atoms with Crippen LogP contribution in [0.2, 0.25) is 0 Å². The summed E-state index contributed by atoms with van der Waals surface area (Å²) in [7, 11) is 2.04. The van der Waals surface area contributed by atoms with Crippen LogP contribution in [0.25, 0.3) is 0 Å². The molecule has 2 aromatic carbocycles. The lowest BCUT2D eigenvalue weighted by Crippen LogP contribution is -2.47. The van der Waals surface area contributed by atoms with Crippen molar-refractivity contribution in [3.8, 4) is 5.75 Å². The minimum Gasteiger partial charge on any atom is -0.488 e. The first-order chi connectivity index (χ1) is 18.8. The van der Waals surface area contributed by atoms with Crippen molar-refractivity contribution in [2.45, 2.75) is 39.0 Å². The van der Waals surface area contributed by atoms with Crippen LogP contribution in [0.3, 0.4) is 0 Å². The number of ether oxygens (including phenoxy) is 1. The van der Waals surface area contributed by atoms with Crippen molar-refractivity contribution in [2.75, 3.05) is 37.4 Å². The second-order valence-corrected chi connectivity index (χ2v) is 10.2. The molecule has 0 fully saturated rings. The van der Waals surface area contributed by atoms with Crippen LogP contribution >= 0.6 is 0 Å². The van der Waals surface area contributed by atoms with E-state index in [1.807, 2.05) is 50.4 Å². The molecule has 0 unspecified atom stereocenters. The number of amides is 3. The Balaban J connectivity index is 1.56. The average Bonchev–Trinajstić information content (AvgIpc) is 2.97. The highest BCUT2D eigenvalue weighted by atomic mass is 16.5. The predicted octanol–water partition coefficient (Wildman–Crippen LogP) is 4.01. The minimum atomic E-state index is -0.378. The maximum atomic E-state index is 13.4. The SMILES string of the molecule is C[C@@H]1CN([C@H](C)CO)C(=O)Cc2cc(NC(=O)Nc3ccccc3)ccc2O[C@H]1CN(C)Cc1ccncc1. The molecule has 3 amide bonds. The van der Waals surface area contributed by atoms with E-state index in [-0.39, 0.29) is 43.0 Å². The number of para-hydroxylation sites is 1. The van der Waals surface area contributed by atoms with Gasteiger partial charge < -0.3 is 25.4 Å². The van der Waals surface area contributed by atoms with Crippen LogP contribution < -0.4 is 15.4 Å². The number of urea groups is 1. The van der Waals surface area contributed by atoms with Crippen LogP contribution in [0.1, 0.15) is 25.0 Å². The molecule has 3 N–H and O–H groups in total. The summed E-state index contributed by atoms with van der Waals surface area (Å²) < 4.78 is 6.58. The zero-order valence-corrected chi connectivity index (χ0v) is 22.7. The summed E-state index contributed by atoms with van der Waals surface area (Å²) >= 11 is 0. The molecule has 0 bridgehead atoms. The summed E-state index contributed by atoms with van der Waals surface area (Å²) in [6.07, 6.45) is 3.45. The summed E-state index contributed by atoms with van der Waals surface area (Å²) in [4.78, 5) is 34.0. The maximum Gasteiger partial charge on any atom is 0.323 e. The van der Waals surface area contributed by atoms with Crippen molar-refractivity contribution in [1.82, 2.24) is 14.8 Å². The van der Waals surface area contributed by atoms with Crippen molar-refractivity contribution in [3.05, 3.63) is 84.2 Å². The third-order valence-electron chi connectivity index (χ3n) is 6.90. The van der Waals surface area contributed by atoms with E-state index in [1.165, 1.54) is 0 Å². The van der Waals surface area contributed by atoms with Crippen molar-refractivity contribution >= 4 is 23.3 Å². The Labute approximate surface area is 229 Å². The van der Waals surface area contributed by atoms with Crippen LogP contribution in [-0.2, 0) is 17.8 Å². The summed E-state index contributed by atoms with van der Waals surface area (Å²) in [5.74, 6) is 0.526. The number of carbonyl (C=O) groups excluding carboxylic acids is 2. The van der Waals surface area contributed by atoms with Gasteiger partial charge in [0.15, 0.2) is 0 Å². The Morgan fingerprint density at radius 1 is 1.13 bits per heavy atom. The fourth-order valence-corrected chi connectivity index (χ4v) is 4.71. The molecule has 39 heavy (non-hydrogen) atoms. The number of nitrogens with one attached hydrogen (secondary N) is 2. The maximum absolute atomic E-state index is 13.4. The molecule has 0 radical (unpaired) electrons. The van der Waals surface area contributed by atoms with E-state index < -0.39 is 0 Å². The van der Waals surface area contributed by atoms with E-state index in [1.54, 1.807) is 41.6 Å². The molecule has 9 heteroatoms. The van der Waals surface area contributed by atoms with Crippen LogP contribution in [-0.4, -0.2) is 70.7 Å². The second kappa shape index (κ2) is 13.2. The molecule has 0 saturated carbocycles. The van der Waals surface area contributed by atoms with E-state index in [0.29, 0.717) is 35.8 Å². The lowest BCUT2D eigenvalue weighted by Gasteiger charge is -2.34. The summed E-state index contributed by atoms with van der Waals surface area (Å²) in [6.45, 7) is 5.63. The molecule has 1 aliphatic heterocycles. The number of aliphatic hydroxyl groups excluding tert-OH is 1. The Bertz CT molecular complexity index is 1240. The first-order valence-corrected chi connectivity index (χ1v) is 13.2. The topological polar surface area (TPSA) is 107 Å².